The van der Waals surface area contributed by atoms with Crippen LogP contribution in [-0.2, 0) is 0 Å². The van der Waals surface area contributed by atoms with Gasteiger partial charge < -0.3 is 9.97 Å². The van der Waals surface area contributed by atoms with Crippen molar-refractivity contribution >= 4 is 5.91 Å². The van der Waals surface area contributed by atoms with Gasteiger partial charge in [0.1, 0.15) is 5.69 Å². The van der Waals surface area contributed by atoms with Crippen molar-refractivity contribution in [1.29, 1.82) is 0 Å². The van der Waals surface area contributed by atoms with Gasteiger partial charge in [0.15, 0.2) is 0 Å². The standard InChI is InChI=1S/C4H7N5O2/c5-9(6)3(10)2-1-7-4(11)8-2/h1H,5-6H2,(H2,7,8,11). The Morgan fingerprint density at radius 1 is 1.55 bits per heavy atom. The van der Waals surface area contributed by atoms with Crippen LogP contribution in [0.4, 0.5) is 0 Å². The number of aromatic amines is 2. The molecule has 1 rings (SSSR count). The van der Waals surface area contributed by atoms with E-state index in [0.717, 1.165) is 0 Å². The van der Waals surface area contributed by atoms with E-state index in [1.165, 1.54) is 6.20 Å². The van der Waals surface area contributed by atoms with Crippen molar-refractivity contribution in [2.75, 3.05) is 0 Å². The number of nitrogens with zero attached hydrogens (tertiary/aromatic N) is 1. The molecule has 6 N–H and O–H groups in total. The largest absolute Gasteiger partial charge is 0.323 e. The van der Waals surface area contributed by atoms with Crippen LogP contribution in [0.25, 0.3) is 0 Å². The molecule has 1 amide bonds. The van der Waals surface area contributed by atoms with E-state index in [4.69, 9.17) is 11.7 Å². The van der Waals surface area contributed by atoms with Gasteiger partial charge in [0.05, 0.1) is 0 Å². The summed E-state index contributed by atoms with van der Waals surface area (Å²) in [5, 5.41) is 0.388. The van der Waals surface area contributed by atoms with Gasteiger partial charge in [-0.15, -0.1) is 0 Å². The van der Waals surface area contributed by atoms with Gasteiger partial charge in [0.2, 0.25) is 0 Å². The van der Waals surface area contributed by atoms with E-state index in [9.17, 15) is 9.59 Å². The quantitative estimate of drug-likeness (QED) is 0.212. The maximum Gasteiger partial charge on any atom is 0.323 e. The predicted molar refractivity (Wildman–Crippen MR) is 36.0 cm³/mol. The highest BCUT2D eigenvalue weighted by molar-refractivity contribution is 5.91. The molecule has 0 fully saturated rings. The molecular weight excluding hydrogens is 150 g/mol. The molecule has 1 aromatic rings. The molecule has 0 aromatic carbocycles. The second-order valence-corrected chi connectivity index (χ2v) is 1.87. The molecule has 0 radical (unpaired) electrons. The van der Waals surface area contributed by atoms with Gasteiger partial charge in [-0.25, -0.2) is 21.6 Å². The lowest BCUT2D eigenvalue weighted by atomic mass is 10.5. The van der Waals surface area contributed by atoms with Crippen LogP contribution in [-0.4, -0.2) is 21.0 Å². The molecule has 0 aliphatic heterocycles. The molecule has 0 aliphatic rings. The van der Waals surface area contributed by atoms with E-state index in [-0.39, 0.29) is 5.69 Å². The highest BCUT2D eigenvalue weighted by Gasteiger charge is 2.09. The van der Waals surface area contributed by atoms with Crippen LogP contribution in [0.5, 0.6) is 0 Å². The van der Waals surface area contributed by atoms with Gasteiger partial charge in [-0.2, -0.15) is 0 Å². The predicted octanol–water partition coefficient (Wildman–Crippen LogP) is -2.11. The molecule has 0 spiro atoms. The molecule has 0 saturated heterocycles. The summed E-state index contributed by atoms with van der Waals surface area (Å²) in [4.78, 5) is 25.7. The number of hydrazine groups is 2. The van der Waals surface area contributed by atoms with Crippen molar-refractivity contribution in [1.82, 2.24) is 15.1 Å². The van der Waals surface area contributed by atoms with Crippen LogP contribution < -0.4 is 17.4 Å². The number of hydrogen-bond donors (Lipinski definition) is 4. The Morgan fingerprint density at radius 3 is 2.55 bits per heavy atom. The number of rotatable bonds is 1. The number of nitrogens with one attached hydrogen (secondary N) is 2. The van der Waals surface area contributed by atoms with Crippen LogP contribution in [0.3, 0.4) is 0 Å². The van der Waals surface area contributed by atoms with E-state index < -0.39 is 11.6 Å². The van der Waals surface area contributed by atoms with Crippen LogP contribution in [0, 0.1) is 0 Å². The number of carbonyl (C=O) groups excluding carboxylic acids is 1. The Balaban J connectivity index is 2.94. The Morgan fingerprint density at radius 2 is 2.18 bits per heavy atom. The molecule has 1 aromatic heterocycles. The molecule has 0 saturated carbocycles. The third kappa shape index (κ3) is 1.45. The third-order valence-electron chi connectivity index (χ3n) is 1.06. The topological polar surface area (TPSA) is 121 Å². The summed E-state index contributed by atoms with van der Waals surface area (Å²) < 4.78 is 0. The van der Waals surface area contributed by atoms with Crippen LogP contribution in [0.2, 0.25) is 0 Å². The van der Waals surface area contributed by atoms with E-state index in [2.05, 4.69) is 9.97 Å². The highest BCUT2D eigenvalue weighted by atomic mass is 16.2. The summed E-state index contributed by atoms with van der Waals surface area (Å²) in [6, 6.07) is 0. The van der Waals surface area contributed by atoms with Gasteiger partial charge in [-0.05, 0) is 0 Å². The van der Waals surface area contributed by atoms with Crippen molar-refractivity contribution in [3.05, 3.63) is 22.4 Å². The minimum absolute atomic E-state index is 0.0278. The third-order valence-corrected chi connectivity index (χ3v) is 1.06. The van der Waals surface area contributed by atoms with E-state index in [1.807, 2.05) is 0 Å². The minimum Gasteiger partial charge on any atom is -0.312 e. The van der Waals surface area contributed by atoms with Gasteiger partial charge in [-0.1, -0.05) is 0 Å². The molecule has 1 heterocycles. The summed E-state index contributed by atoms with van der Waals surface area (Å²) in [5.74, 6) is 9.14. The summed E-state index contributed by atoms with van der Waals surface area (Å²) in [5.41, 5.74) is -0.449. The van der Waals surface area contributed by atoms with Crippen molar-refractivity contribution in [3.8, 4) is 0 Å². The molecule has 0 unspecified atom stereocenters. The monoisotopic (exact) mass is 157 g/mol. The van der Waals surface area contributed by atoms with Crippen molar-refractivity contribution < 1.29 is 4.79 Å². The van der Waals surface area contributed by atoms with Crippen molar-refractivity contribution in [2.45, 2.75) is 0 Å². The lowest BCUT2D eigenvalue weighted by Crippen LogP contribution is -2.43. The number of aromatic nitrogens is 2. The van der Waals surface area contributed by atoms with Gasteiger partial charge in [0.25, 0.3) is 5.91 Å². The van der Waals surface area contributed by atoms with Gasteiger partial charge in [0, 0.05) is 6.20 Å². The van der Waals surface area contributed by atoms with Crippen molar-refractivity contribution in [3.63, 3.8) is 0 Å². The van der Waals surface area contributed by atoms with E-state index in [1.54, 1.807) is 0 Å². The molecule has 7 heteroatoms. The van der Waals surface area contributed by atoms with Gasteiger partial charge >= 0.3 is 5.69 Å². The molecular formula is C4H7N5O2. The number of nitrogens with two attached hydrogens (primary N) is 2. The Labute approximate surface area is 60.9 Å². The zero-order valence-electron chi connectivity index (χ0n) is 5.50. The Bertz CT molecular complexity index is 310. The Kier molecular flexibility index (Phi) is 1.75. The Hall–Kier alpha value is -1.60. The molecule has 7 nitrogen and oxygen atoms in total. The fourth-order valence-electron chi connectivity index (χ4n) is 0.586. The first kappa shape index (κ1) is 7.51. The maximum atomic E-state index is 10.8. The van der Waals surface area contributed by atoms with Crippen LogP contribution >= 0.6 is 0 Å². The van der Waals surface area contributed by atoms with Crippen molar-refractivity contribution in [2.24, 2.45) is 11.7 Å². The van der Waals surface area contributed by atoms with Gasteiger partial charge in [-0.3, -0.25) is 4.79 Å². The number of H-pyrrole nitrogens is 2. The van der Waals surface area contributed by atoms with E-state index in [0.29, 0.717) is 5.12 Å². The summed E-state index contributed by atoms with van der Waals surface area (Å²) in [7, 11) is 0. The number of carbonyl (C=O) groups is 1. The average molecular weight is 157 g/mol. The average Bonchev–Trinajstić information content (AvgIpc) is 2.34. The second kappa shape index (κ2) is 2.56. The lowest BCUT2D eigenvalue weighted by Gasteiger charge is -2.05. The summed E-state index contributed by atoms with van der Waals surface area (Å²) in [6.07, 6.45) is 1.19. The first-order chi connectivity index (χ1) is 5.11. The molecule has 0 atom stereocenters. The number of hydrogen-bond acceptors (Lipinski definition) is 4. The van der Waals surface area contributed by atoms with E-state index >= 15 is 0 Å². The first-order valence-electron chi connectivity index (χ1n) is 2.73. The lowest BCUT2D eigenvalue weighted by molar-refractivity contribution is 0.0750. The second-order valence-electron chi connectivity index (χ2n) is 1.87. The normalized spacial score (nSPS) is 9.64. The van der Waals surface area contributed by atoms with Crippen LogP contribution in [0.1, 0.15) is 10.5 Å². The minimum atomic E-state index is -0.664. The summed E-state index contributed by atoms with van der Waals surface area (Å²) >= 11 is 0. The molecule has 11 heavy (non-hydrogen) atoms. The fourth-order valence-corrected chi connectivity index (χ4v) is 0.586. The highest BCUT2D eigenvalue weighted by Crippen LogP contribution is 1.88. The number of imidazole rings is 1. The SMILES string of the molecule is NN(N)C(=O)c1c[nH]c(=O)[nH]1. The van der Waals surface area contributed by atoms with Crippen LogP contribution in [0.15, 0.2) is 11.0 Å². The fraction of sp³-hybridized carbons (Fsp3) is 0. The molecule has 0 aliphatic carbocycles. The molecule has 0 bridgehead atoms. The zero-order chi connectivity index (χ0) is 8.43. The smallest absolute Gasteiger partial charge is 0.312 e. The first-order valence-corrected chi connectivity index (χ1v) is 2.73. The molecule has 60 valence electrons. The zero-order valence-corrected chi connectivity index (χ0v) is 5.50. The maximum absolute atomic E-state index is 10.8. The number of amides is 1. The summed E-state index contributed by atoms with van der Waals surface area (Å²) in [6.45, 7) is 0.